The van der Waals surface area contributed by atoms with Gasteiger partial charge in [0.1, 0.15) is 0 Å². The van der Waals surface area contributed by atoms with Gasteiger partial charge in [0.2, 0.25) is 0 Å². The number of halogens is 2. The van der Waals surface area contributed by atoms with Gasteiger partial charge in [-0.2, -0.15) is 5.10 Å². The highest BCUT2D eigenvalue weighted by molar-refractivity contribution is 9.10. The summed E-state index contributed by atoms with van der Waals surface area (Å²) in [6.07, 6.45) is 1.96. The molecule has 1 aromatic heterocycles. The van der Waals surface area contributed by atoms with Crippen molar-refractivity contribution in [3.63, 3.8) is 0 Å². The van der Waals surface area contributed by atoms with Gasteiger partial charge >= 0.3 is 0 Å². The van der Waals surface area contributed by atoms with Crippen molar-refractivity contribution < 1.29 is 0 Å². The summed E-state index contributed by atoms with van der Waals surface area (Å²) in [7, 11) is 0. The minimum atomic E-state index is 0.443. The number of nitrogens with two attached hydrogens (primary N) is 1. The monoisotopic (exact) mass is 361 g/mol. The van der Waals surface area contributed by atoms with Gasteiger partial charge in [-0.3, -0.25) is 0 Å². The van der Waals surface area contributed by atoms with Gasteiger partial charge in [-0.15, -0.1) is 0 Å². The van der Waals surface area contributed by atoms with Gasteiger partial charge in [-0.25, -0.2) is 4.68 Å². The molecule has 2 N–H and O–H groups in total. The van der Waals surface area contributed by atoms with E-state index in [1.165, 1.54) is 0 Å². The number of nitrogens with zero attached hydrogens (tertiary/aromatic N) is 2. The van der Waals surface area contributed by atoms with Crippen LogP contribution in [0.4, 0.5) is 0 Å². The number of rotatable bonds is 3. The standard InChI is InChI=1S/C16H13BrClN3/c17-13-3-1-11(2-4-13)16-12(9-19)10-21(20-16)15-7-5-14(18)6-8-15/h1-8,10H,9,19H2. The van der Waals surface area contributed by atoms with Crippen LogP contribution in [0, 0.1) is 0 Å². The predicted molar refractivity (Wildman–Crippen MR) is 89.6 cm³/mol. The van der Waals surface area contributed by atoms with E-state index in [9.17, 15) is 0 Å². The number of benzene rings is 2. The zero-order chi connectivity index (χ0) is 14.8. The maximum Gasteiger partial charge on any atom is 0.0972 e. The molecule has 0 aliphatic carbocycles. The van der Waals surface area contributed by atoms with Gasteiger partial charge < -0.3 is 5.73 Å². The number of aromatic nitrogens is 2. The van der Waals surface area contributed by atoms with Crippen LogP contribution in [0.25, 0.3) is 16.9 Å². The Hall–Kier alpha value is -1.62. The molecule has 1 heterocycles. The maximum absolute atomic E-state index is 5.92. The number of hydrogen-bond acceptors (Lipinski definition) is 2. The lowest BCUT2D eigenvalue weighted by molar-refractivity contribution is 0.883. The second-order valence-corrected chi connectivity index (χ2v) is 5.99. The third kappa shape index (κ3) is 3.02. The van der Waals surface area contributed by atoms with Gasteiger partial charge in [0.25, 0.3) is 0 Å². The molecule has 0 fully saturated rings. The Bertz CT molecular complexity index is 748. The van der Waals surface area contributed by atoms with E-state index in [4.69, 9.17) is 17.3 Å². The zero-order valence-corrected chi connectivity index (χ0v) is 13.5. The van der Waals surface area contributed by atoms with Crippen LogP contribution in [-0.4, -0.2) is 9.78 Å². The first-order chi connectivity index (χ1) is 10.2. The fourth-order valence-corrected chi connectivity index (χ4v) is 2.53. The molecule has 0 saturated carbocycles. The van der Waals surface area contributed by atoms with Crippen molar-refractivity contribution in [3.05, 3.63) is 69.8 Å². The SMILES string of the molecule is NCc1cn(-c2ccc(Cl)cc2)nc1-c1ccc(Br)cc1. The summed E-state index contributed by atoms with van der Waals surface area (Å²) in [6.45, 7) is 0.443. The number of hydrogen-bond donors (Lipinski definition) is 1. The molecule has 0 spiro atoms. The molecule has 5 heteroatoms. The second kappa shape index (κ2) is 6.02. The Morgan fingerprint density at radius 3 is 2.33 bits per heavy atom. The summed E-state index contributed by atoms with van der Waals surface area (Å²) in [5, 5.41) is 5.37. The molecule has 0 radical (unpaired) electrons. The van der Waals surface area contributed by atoms with Gasteiger partial charge in [0.15, 0.2) is 0 Å². The van der Waals surface area contributed by atoms with E-state index in [0.29, 0.717) is 11.6 Å². The first-order valence-corrected chi connectivity index (χ1v) is 7.65. The van der Waals surface area contributed by atoms with E-state index in [1.807, 2.05) is 59.4 Å². The predicted octanol–water partition coefficient (Wildman–Crippen LogP) is 4.41. The van der Waals surface area contributed by atoms with E-state index >= 15 is 0 Å². The first-order valence-electron chi connectivity index (χ1n) is 6.48. The molecule has 21 heavy (non-hydrogen) atoms. The summed E-state index contributed by atoms with van der Waals surface area (Å²) in [5.41, 5.74) is 9.76. The maximum atomic E-state index is 5.92. The van der Waals surface area contributed by atoms with Crippen LogP contribution in [0.5, 0.6) is 0 Å². The lowest BCUT2D eigenvalue weighted by Gasteiger charge is -2.01. The summed E-state index contributed by atoms with van der Waals surface area (Å²) >= 11 is 9.36. The van der Waals surface area contributed by atoms with Crippen molar-refractivity contribution in [2.45, 2.75) is 6.54 Å². The first kappa shape index (κ1) is 14.3. The molecular weight excluding hydrogens is 350 g/mol. The van der Waals surface area contributed by atoms with Crippen LogP contribution in [0.3, 0.4) is 0 Å². The molecule has 0 unspecified atom stereocenters. The van der Waals surface area contributed by atoms with Crippen LogP contribution in [0.15, 0.2) is 59.2 Å². The van der Waals surface area contributed by atoms with Crippen molar-refractivity contribution in [1.82, 2.24) is 9.78 Å². The van der Waals surface area contributed by atoms with Crippen LogP contribution in [-0.2, 0) is 6.54 Å². The highest BCUT2D eigenvalue weighted by Gasteiger charge is 2.11. The van der Waals surface area contributed by atoms with Crippen LogP contribution >= 0.6 is 27.5 Å². The van der Waals surface area contributed by atoms with Crippen molar-refractivity contribution in [1.29, 1.82) is 0 Å². The molecule has 0 atom stereocenters. The average molecular weight is 363 g/mol. The molecule has 2 aromatic carbocycles. The Labute approximate surface area is 136 Å². The lowest BCUT2D eigenvalue weighted by Crippen LogP contribution is -1.96. The molecule has 3 aromatic rings. The third-order valence-electron chi connectivity index (χ3n) is 3.22. The van der Waals surface area contributed by atoms with Crippen molar-refractivity contribution in [3.8, 4) is 16.9 Å². The molecule has 3 nitrogen and oxygen atoms in total. The minimum absolute atomic E-state index is 0.443. The van der Waals surface area contributed by atoms with E-state index in [2.05, 4.69) is 21.0 Å². The fourth-order valence-electron chi connectivity index (χ4n) is 2.14. The van der Waals surface area contributed by atoms with Crippen molar-refractivity contribution in [2.24, 2.45) is 5.73 Å². The van der Waals surface area contributed by atoms with Crippen molar-refractivity contribution in [2.75, 3.05) is 0 Å². The summed E-state index contributed by atoms with van der Waals surface area (Å²) in [6, 6.07) is 15.6. The second-order valence-electron chi connectivity index (χ2n) is 4.63. The molecule has 0 saturated heterocycles. The highest BCUT2D eigenvalue weighted by atomic mass is 79.9. The molecule has 106 valence electrons. The Morgan fingerprint density at radius 1 is 1.05 bits per heavy atom. The molecule has 0 aliphatic heterocycles. The Balaban J connectivity index is 2.05. The summed E-state index contributed by atoms with van der Waals surface area (Å²) in [5.74, 6) is 0. The summed E-state index contributed by atoms with van der Waals surface area (Å²) < 4.78 is 2.87. The fraction of sp³-hybridized carbons (Fsp3) is 0.0625. The Morgan fingerprint density at radius 2 is 1.71 bits per heavy atom. The lowest BCUT2D eigenvalue weighted by atomic mass is 10.1. The summed E-state index contributed by atoms with van der Waals surface area (Å²) in [4.78, 5) is 0. The van der Waals surface area contributed by atoms with E-state index in [1.54, 1.807) is 0 Å². The van der Waals surface area contributed by atoms with Gasteiger partial charge in [-0.1, -0.05) is 39.7 Å². The quantitative estimate of drug-likeness (QED) is 0.750. The van der Waals surface area contributed by atoms with Gasteiger partial charge in [0.05, 0.1) is 11.4 Å². The van der Waals surface area contributed by atoms with Crippen LogP contribution in [0.2, 0.25) is 5.02 Å². The van der Waals surface area contributed by atoms with Crippen LogP contribution in [0.1, 0.15) is 5.56 Å². The van der Waals surface area contributed by atoms with E-state index in [0.717, 1.165) is 27.0 Å². The molecule has 0 amide bonds. The zero-order valence-electron chi connectivity index (χ0n) is 11.1. The average Bonchev–Trinajstić information content (AvgIpc) is 2.93. The van der Waals surface area contributed by atoms with Gasteiger partial charge in [-0.05, 0) is 36.4 Å². The molecule has 3 rings (SSSR count). The smallest absolute Gasteiger partial charge is 0.0972 e. The van der Waals surface area contributed by atoms with Crippen LogP contribution < -0.4 is 5.73 Å². The third-order valence-corrected chi connectivity index (χ3v) is 4.00. The largest absolute Gasteiger partial charge is 0.326 e. The highest BCUT2D eigenvalue weighted by Crippen LogP contribution is 2.25. The Kier molecular flexibility index (Phi) is 4.10. The van der Waals surface area contributed by atoms with E-state index < -0.39 is 0 Å². The normalized spacial score (nSPS) is 10.8. The van der Waals surface area contributed by atoms with Crippen molar-refractivity contribution >= 4 is 27.5 Å². The van der Waals surface area contributed by atoms with Gasteiger partial charge in [0, 0.05) is 33.4 Å². The molecule has 0 bridgehead atoms. The molecule has 0 aliphatic rings. The topological polar surface area (TPSA) is 43.8 Å². The minimum Gasteiger partial charge on any atom is -0.326 e. The van der Waals surface area contributed by atoms with E-state index in [-0.39, 0.29) is 0 Å². The molecular formula is C16H13BrClN3.